The number of fused-ring (bicyclic) bond motifs is 3. The molecule has 5 heterocycles. The van der Waals surface area contributed by atoms with Crippen molar-refractivity contribution in [2.24, 2.45) is 0 Å². The Balaban J connectivity index is 1.74. The number of hydrogen-bond donors (Lipinski definition) is 0. The molecule has 0 N–H and O–H groups in total. The van der Waals surface area contributed by atoms with Crippen molar-refractivity contribution >= 4 is 22.4 Å². The Morgan fingerprint density at radius 2 is 1.57 bits per heavy atom. The van der Waals surface area contributed by atoms with E-state index >= 15 is 0 Å². The Hall–Kier alpha value is -4.71. The van der Waals surface area contributed by atoms with Crippen LogP contribution in [-0.4, -0.2) is 24.9 Å². The minimum atomic E-state index is -1.30. The molecule has 0 saturated carbocycles. The second-order valence-electron chi connectivity index (χ2n) is 10.4. The van der Waals surface area contributed by atoms with Crippen LogP contribution in [0.3, 0.4) is 0 Å². The van der Waals surface area contributed by atoms with E-state index in [1.165, 1.54) is 5.56 Å². The maximum atomic E-state index is 13.7. The smallest absolute Gasteiger partial charge is 0.360 e. The number of hydrogen-bond acceptors (Lipinski definition) is 4. The van der Waals surface area contributed by atoms with Gasteiger partial charge in [0.15, 0.2) is 5.69 Å². The fourth-order valence-electron chi connectivity index (χ4n) is 6.71. The number of cyclic esters (lactones) is 1. The Kier molecular flexibility index (Phi) is 5.42. The minimum Gasteiger partial charge on any atom is -0.437 e. The zero-order valence-corrected chi connectivity index (χ0v) is 23.1. The van der Waals surface area contributed by atoms with Gasteiger partial charge in [-0.15, -0.1) is 0 Å². The van der Waals surface area contributed by atoms with Gasteiger partial charge < -0.3 is 13.7 Å². The van der Waals surface area contributed by atoms with Crippen molar-refractivity contribution in [3.05, 3.63) is 125 Å². The third-order valence-corrected chi connectivity index (χ3v) is 8.43. The highest BCUT2D eigenvalue weighted by Crippen LogP contribution is 2.54. The summed E-state index contributed by atoms with van der Waals surface area (Å²) in [5.41, 5.74) is 8.85. The van der Waals surface area contributed by atoms with Crippen LogP contribution in [0.4, 0.5) is 0 Å². The number of rotatable bonds is 5. The minimum absolute atomic E-state index is 0.261. The van der Waals surface area contributed by atoms with Gasteiger partial charge in [-0.2, -0.15) is 0 Å². The van der Waals surface area contributed by atoms with E-state index in [9.17, 15) is 4.79 Å². The molecule has 0 bridgehead atoms. The van der Waals surface area contributed by atoms with Crippen molar-refractivity contribution < 1.29 is 9.53 Å². The second-order valence-corrected chi connectivity index (χ2v) is 10.4. The maximum absolute atomic E-state index is 13.7. The summed E-state index contributed by atoms with van der Waals surface area (Å²) in [4.78, 5) is 23.1. The topological polar surface area (TPSA) is 61.4 Å². The van der Waals surface area contributed by atoms with Crippen molar-refractivity contribution in [3.8, 4) is 11.1 Å². The molecule has 1 aliphatic rings. The molecule has 6 nitrogen and oxygen atoms in total. The summed E-state index contributed by atoms with van der Waals surface area (Å²) in [5, 5.41) is 1.04. The number of esters is 1. The van der Waals surface area contributed by atoms with Crippen molar-refractivity contribution in [2.75, 3.05) is 0 Å². The first kappa shape index (κ1) is 24.3. The monoisotopic (exact) mass is 526 g/mol. The number of para-hydroxylation sites is 1. The van der Waals surface area contributed by atoms with E-state index in [1.54, 1.807) is 12.4 Å². The Bertz CT molecular complexity index is 1950. The van der Waals surface area contributed by atoms with Crippen LogP contribution in [0.25, 0.3) is 27.5 Å². The van der Waals surface area contributed by atoms with E-state index in [4.69, 9.17) is 9.72 Å². The van der Waals surface area contributed by atoms with Gasteiger partial charge in [-0.3, -0.25) is 4.98 Å². The molecule has 7 rings (SSSR count). The molecule has 0 saturated heterocycles. The molecule has 0 radical (unpaired) electrons. The van der Waals surface area contributed by atoms with Crippen molar-refractivity contribution in [2.45, 2.75) is 46.3 Å². The lowest BCUT2D eigenvalue weighted by Crippen LogP contribution is -2.32. The van der Waals surface area contributed by atoms with Crippen molar-refractivity contribution in [3.63, 3.8) is 0 Å². The lowest BCUT2D eigenvalue weighted by atomic mass is 9.78. The van der Waals surface area contributed by atoms with Crippen LogP contribution < -0.4 is 0 Å². The van der Waals surface area contributed by atoms with E-state index in [2.05, 4.69) is 90.3 Å². The SMILES string of the molecule is CCc1ccc2c(C3(c4c(C)n(CC)c5ccccc45)OC(=O)c4nccnc43)c(-c3ccccc3)c(C)n2c1. The fraction of sp³-hybridized carbons (Fsp3) is 0.206. The average molecular weight is 527 g/mol. The van der Waals surface area contributed by atoms with Crippen LogP contribution in [0.15, 0.2) is 85.3 Å². The van der Waals surface area contributed by atoms with Gasteiger partial charge in [-0.25, -0.2) is 9.78 Å². The number of carbonyl (C=O) groups excluding carboxylic acids is 1. The summed E-state index contributed by atoms with van der Waals surface area (Å²) in [6.07, 6.45) is 6.34. The van der Waals surface area contributed by atoms with Gasteiger partial charge in [0.1, 0.15) is 5.69 Å². The van der Waals surface area contributed by atoms with Crippen LogP contribution in [0.5, 0.6) is 0 Å². The molecule has 1 aliphatic heterocycles. The molecule has 1 unspecified atom stereocenters. The molecule has 0 aliphatic carbocycles. The third kappa shape index (κ3) is 3.13. The van der Waals surface area contributed by atoms with E-state index in [0.29, 0.717) is 5.69 Å². The van der Waals surface area contributed by atoms with Gasteiger partial charge >= 0.3 is 5.97 Å². The predicted octanol–water partition coefficient (Wildman–Crippen LogP) is 7.01. The quantitative estimate of drug-likeness (QED) is 0.227. The molecule has 6 heteroatoms. The largest absolute Gasteiger partial charge is 0.437 e. The van der Waals surface area contributed by atoms with Gasteiger partial charge in [0.25, 0.3) is 0 Å². The second kappa shape index (κ2) is 8.91. The van der Waals surface area contributed by atoms with Crippen LogP contribution in [0.1, 0.15) is 58.1 Å². The predicted molar refractivity (Wildman–Crippen MR) is 157 cm³/mol. The van der Waals surface area contributed by atoms with Gasteiger partial charge in [-0.05, 0) is 50.5 Å². The lowest BCUT2D eigenvalue weighted by Gasteiger charge is -2.30. The van der Waals surface area contributed by atoms with E-state index in [-0.39, 0.29) is 5.69 Å². The molecular formula is C34H30N4O2. The number of pyridine rings is 1. The molecule has 6 aromatic rings. The summed E-state index contributed by atoms with van der Waals surface area (Å²) >= 11 is 0. The molecule has 40 heavy (non-hydrogen) atoms. The molecular weight excluding hydrogens is 496 g/mol. The van der Waals surface area contributed by atoms with Crippen molar-refractivity contribution in [1.29, 1.82) is 0 Å². The number of aromatic nitrogens is 4. The molecule has 0 fully saturated rings. The number of ether oxygens (including phenoxy) is 1. The molecule has 0 amide bonds. The van der Waals surface area contributed by atoms with E-state index in [0.717, 1.165) is 63.0 Å². The van der Waals surface area contributed by atoms with E-state index in [1.807, 2.05) is 24.3 Å². The van der Waals surface area contributed by atoms with Gasteiger partial charge in [0.2, 0.25) is 5.60 Å². The van der Waals surface area contributed by atoms with Crippen LogP contribution >= 0.6 is 0 Å². The Morgan fingerprint density at radius 3 is 2.35 bits per heavy atom. The zero-order chi connectivity index (χ0) is 27.6. The van der Waals surface area contributed by atoms with Gasteiger partial charge in [-0.1, -0.05) is 61.5 Å². The summed E-state index contributed by atoms with van der Waals surface area (Å²) in [6.45, 7) is 9.34. The first-order valence-electron chi connectivity index (χ1n) is 13.8. The summed E-state index contributed by atoms with van der Waals surface area (Å²) in [7, 11) is 0. The van der Waals surface area contributed by atoms with Gasteiger partial charge in [0.05, 0.1) is 5.52 Å². The molecule has 198 valence electrons. The van der Waals surface area contributed by atoms with E-state index < -0.39 is 11.6 Å². The summed E-state index contributed by atoms with van der Waals surface area (Å²) in [6, 6.07) is 23.0. The number of benzene rings is 2. The number of nitrogens with zero attached hydrogens (tertiary/aromatic N) is 4. The summed E-state index contributed by atoms with van der Waals surface area (Å²) < 4.78 is 11.2. The molecule has 4 aromatic heterocycles. The van der Waals surface area contributed by atoms with Crippen LogP contribution in [0.2, 0.25) is 0 Å². The highest BCUT2D eigenvalue weighted by molar-refractivity contribution is 5.99. The highest BCUT2D eigenvalue weighted by atomic mass is 16.6. The number of carbonyl (C=O) groups is 1. The average Bonchev–Trinajstić information content (AvgIpc) is 3.57. The standard InChI is InChI=1S/C34H30N4O2/c1-5-23-16-17-27-30(28(21(3)38(27)20-23)24-12-8-7-9-13-24)34(32-31(33(39)40-34)35-18-19-36-32)29-22(4)37(6-2)26-15-11-10-14-25(26)29/h7-20H,5-6H2,1-4H3. The van der Waals surface area contributed by atoms with Crippen LogP contribution in [0, 0.1) is 13.8 Å². The maximum Gasteiger partial charge on any atom is 0.360 e. The molecule has 2 aromatic carbocycles. The fourth-order valence-corrected chi connectivity index (χ4v) is 6.71. The molecule has 1 atom stereocenters. The first-order chi connectivity index (χ1) is 19.5. The summed E-state index contributed by atoms with van der Waals surface area (Å²) in [5.74, 6) is -0.461. The Labute approximate surface area is 232 Å². The Morgan fingerprint density at radius 1 is 0.825 bits per heavy atom. The third-order valence-electron chi connectivity index (χ3n) is 8.43. The highest BCUT2D eigenvalue weighted by Gasteiger charge is 2.56. The normalized spacial score (nSPS) is 16.6. The number of aryl methyl sites for hydroxylation is 3. The van der Waals surface area contributed by atoms with Gasteiger partial charge in [0, 0.05) is 64.1 Å². The lowest BCUT2D eigenvalue weighted by molar-refractivity contribution is 0.0249. The first-order valence-corrected chi connectivity index (χ1v) is 13.8. The van der Waals surface area contributed by atoms with Crippen molar-refractivity contribution in [1.82, 2.24) is 18.9 Å². The van der Waals surface area contributed by atoms with Crippen LogP contribution in [-0.2, 0) is 23.3 Å². The molecule has 0 spiro atoms. The zero-order valence-electron chi connectivity index (χ0n) is 23.1.